The van der Waals surface area contributed by atoms with Gasteiger partial charge in [-0.1, -0.05) is 18.2 Å². The van der Waals surface area contributed by atoms with E-state index in [1.54, 1.807) is 25.4 Å². The van der Waals surface area contributed by atoms with E-state index in [0.717, 1.165) is 28.0 Å². The van der Waals surface area contributed by atoms with Gasteiger partial charge in [-0.05, 0) is 54.4 Å². The zero-order valence-electron chi connectivity index (χ0n) is 14.9. The normalized spacial score (nSPS) is 12.3. The summed E-state index contributed by atoms with van der Waals surface area (Å²) in [6, 6.07) is 15.9. The van der Waals surface area contributed by atoms with Gasteiger partial charge in [0, 0.05) is 24.8 Å². The Morgan fingerprint density at radius 2 is 1.81 bits per heavy atom. The van der Waals surface area contributed by atoms with Crippen LogP contribution in [0.3, 0.4) is 0 Å². The number of hydrogen-bond donors (Lipinski definition) is 1. The molecule has 0 bridgehead atoms. The number of oxazole rings is 1. The average molecular weight is 363 g/mol. The molecule has 1 N–H and O–H groups in total. The molecule has 0 aliphatic heterocycles. The van der Waals surface area contributed by atoms with Crippen LogP contribution in [0.4, 0.5) is 10.2 Å². The van der Waals surface area contributed by atoms with Crippen molar-refractivity contribution in [3.8, 4) is 11.1 Å². The first-order chi connectivity index (χ1) is 13.0. The largest absolute Gasteiger partial charge is 0.419 e. The van der Waals surface area contributed by atoms with Crippen LogP contribution in [0.25, 0.3) is 22.2 Å². The number of hydrogen-bond acceptors (Lipinski definition) is 4. The number of pyridine rings is 1. The fourth-order valence-corrected chi connectivity index (χ4v) is 3.02. The van der Waals surface area contributed by atoms with Gasteiger partial charge in [-0.2, -0.15) is 0 Å². The summed E-state index contributed by atoms with van der Waals surface area (Å²) in [7, 11) is 1.68. The lowest BCUT2D eigenvalue weighted by atomic mass is 10.1. The van der Waals surface area contributed by atoms with Crippen LogP contribution in [0, 0.1) is 5.82 Å². The van der Waals surface area contributed by atoms with E-state index in [1.165, 1.54) is 16.7 Å². The highest BCUT2D eigenvalue weighted by Gasteiger charge is 2.09. The fraction of sp³-hybridized carbons (Fsp3) is 0.143. The molecule has 6 heteroatoms. The topological polar surface area (TPSA) is 60.1 Å². The van der Waals surface area contributed by atoms with Crippen molar-refractivity contribution < 1.29 is 8.81 Å². The Balaban J connectivity index is 1.55. The second kappa shape index (κ2) is 6.72. The highest BCUT2D eigenvalue weighted by Crippen LogP contribution is 2.25. The molecular formula is C21H18FN3O2. The third kappa shape index (κ3) is 3.33. The van der Waals surface area contributed by atoms with E-state index in [0.29, 0.717) is 5.58 Å². The summed E-state index contributed by atoms with van der Waals surface area (Å²) in [5, 5.41) is 3.30. The number of halogens is 1. The summed E-state index contributed by atoms with van der Waals surface area (Å²) in [4.78, 5) is 16.1. The summed E-state index contributed by atoms with van der Waals surface area (Å²) < 4.78 is 19.8. The molecule has 0 amide bonds. The van der Waals surface area contributed by atoms with E-state index >= 15 is 0 Å². The first kappa shape index (κ1) is 17.0. The number of fused-ring (bicyclic) bond motifs is 1. The van der Waals surface area contributed by atoms with Gasteiger partial charge in [0.25, 0.3) is 0 Å². The predicted molar refractivity (Wildman–Crippen MR) is 103 cm³/mol. The minimum absolute atomic E-state index is 0.00102. The molecular weight excluding hydrogens is 345 g/mol. The highest BCUT2D eigenvalue weighted by atomic mass is 19.1. The Morgan fingerprint density at radius 1 is 1.07 bits per heavy atom. The Bertz CT molecular complexity index is 1140. The van der Waals surface area contributed by atoms with Crippen LogP contribution in [-0.2, 0) is 7.05 Å². The highest BCUT2D eigenvalue weighted by molar-refractivity contribution is 5.80. The fourth-order valence-electron chi connectivity index (χ4n) is 3.02. The molecule has 0 radical (unpaired) electrons. The Labute approximate surface area is 155 Å². The van der Waals surface area contributed by atoms with E-state index in [4.69, 9.17) is 4.42 Å². The van der Waals surface area contributed by atoms with Crippen LogP contribution in [0.2, 0.25) is 0 Å². The lowest BCUT2D eigenvalue weighted by molar-refractivity contribution is 0.528. The second-order valence-corrected chi connectivity index (χ2v) is 6.46. The maximum absolute atomic E-state index is 13.0. The SMILES string of the molecule is C[C@@H](Nc1ccc(-c2ccc3c(c2)oc(=O)n3C)cn1)c1ccc(F)cc1. The molecule has 0 aliphatic rings. The summed E-state index contributed by atoms with van der Waals surface area (Å²) in [5.41, 5.74) is 4.12. The van der Waals surface area contributed by atoms with Crippen molar-refractivity contribution in [1.82, 2.24) is 9.55 Å². The molecule has 136 valence electrons. The van der Waals surface area contributed by atoms with Crippen LogP contribution in [-0.4, -0.2) is 9.55 Å². The number of anilines is 1. The zero-order chi connectivity index (χ0) is 19.0. The van der Waals surface area contributed by atoms with E-state index in [2.05, 4.69) is 10.3 Å². The molecule has 5 nitrogen and oxygen atoms in total. The predicted octanol–water partition coefficient (Wildman–Crippen LogP) is 4.51. The van der Waals surface area contributed by atoms with Crippen LogP contribution in [0.15, 0.2) is 70.0 Å². The van der Waals surface area contributed by atoms with Crippen molar-refractivity contribution >= 4 is 16.9 Å². The minimum atomic E-state index is -0.380. The maximum Gasteiger partial charge on any atom is 0.419 e. The van der Waals surface area contributed by atoms with Crippen molar-refractivity contribution in [2.24, 2.45) is 7.05 Å². The Morgan fingerprint density at radius 3 is 2.52 bits per heavy atom. The number of aromatic nitrogens is 2. The zero-order valence-corrected chi connectivity index (χ0v) is 14.9. The number of nitrogens with one attached hydrogen (secondary N) is 1. The smallest absolute Gasteiger partial charge is 0.408 e. The van der Waals surface area contributed by atoms with Crippen LogP contribution in [0.5, 0.6) is 0 Å². The summed E-state index contributed by atoms with van der Waals surface area (Å²) >= 11 is 0. The van der Waals surface area contributed by atoms with E-state index in [-0.39, 0.29) is 17.6 Å². The number of rotatable bonds is 4. The molecule has 27 heavy (non-hydrogen) atoms. The molecule has 2 aromatic heterocycles. The first-order valence-corrected chi connectivity index (χ1v) is 8.59. The van der Waals surface area contributed by atoms with Gasteiger partial charge in [0.2, 0.25) is 0 Å². The van der Waals surface area contributed by atoms with Crippen LogP contribution < -0.4 is 11.1 Å². The van der Waals surface area contributed by atoms with E-state index < -0.39 is 0 Å². The first-order valence-electron chi connectivity index (χ1n) is 8.59. The van der Waals surface area contributed by atoms with Gasteiger partial charge < -0.3 is 9.73 Å². The van der Waals surface area contributed by atoms with Gasteiger partial charge >= 0.3 is 5.76 Å². The van der Waals surface area contributed by atoms with Crippen molar-refractivity contribution in [3.05, 3.63) is 82.7 Å². The minimum Gasteiger partial charge on any atom is -0.408 e. The Hall–Kier alpha value is -3.41. The molecule has 2 heterocycles. The number of aryl methyl sites for hydroxylation is 1. The van der Waals surface area contributed by atoms with Gasteiger partial charge in [-0.25, -0.2) is 14.2 Å². The molecule has 4 rings (SSSR count). The van der Waals surface area contributed by atoms with Gasteiger partial charge in [0.1, 0.15) is 11.6 Å². The lowest BCUT2D eigenvalue weighted by Gasteiger charge is -2.15. The summed E-state index contributed by atoms with van der Waals surface area (Å²) in [6.45, 7) is 1.99. The van der Waals surface area contributed by atoms with Crippen LogP contribution >= 0.6 is 0 Å². The van der Waals surface area contributed by atoms with E-state index in [1.807, 2.05) is 37.3 Å². The van der Waals surface area contributed by atoms with Gasteiger partial charge in [-0.3, -0.25) is 4.57 Å². The van der Waals surface area contributed by atoms with Crippen molar-refractivity contribution in [2.45, 2.75) is 13.0 Å². The quantitative estimate of drug-likeness (QED) is 0.580. The molecule has 0 saturated heterocycles. The third-order valence-electron chi connectivity index (χ3n) is 4.62. The molecule has 0 fully saturated rings. The second-order valence-electron chi connectivity index (χ2n) is 6.46. The molecule has 0 spiro atoms. The van der Waals surface area contributed by atoms with Crippen LogP contribution in [0.1, 0.15) is 18.5 Å². The Kier molecular flexibility index (Phi) is 4.24. The average Bonchev–Trinajstić information content (AvgIpc) is 2.96. The maximum atomic E-state index is 13.0. The lowest BCUT2D eigenvalue weighted by Crippen LogP contribution is -2.08. The standard InChI is InChI=1S/C21H18FN3O2/c1-13(14-3-7-17(22)8-4-14)24-20-10-6-16(12-23-20)15-5-9-18-19(11-15)27-21(26)25(18)2/h3-13H,1-2H3,(H,23,24)/t13-/m1/s1. The summed E-state index contributed by atoms with van der Waals surface area (Å²) in [5.74, 6) is 0.0946. The molecule has 2 aromatic carbocycles. The summed E-state index contributed by atoms with van der Waals surface area (Å²) in [6.07, 6.45) is 1.77. The van der Waals surface area contributed by atoms with Crippen molar-refractivity contribution in [2.75, 3.05) is 5.32 Å². The molecule has 4 aromatic rings. The monoisotopic (exact) mass is 363 g/mol. The van der Waals surface area contributed by atoms with Crippen molar-refractivity contribution in [1.29, 1.82) is 0 Å². The van der Waals surface area contributed by atoms with E-state index in [9.17, 15) is 9.18 Å². The number of benzene rings is 2. The van der Waals surface area contributed by atoms with Gasteiger partial charge in [0.15, 0.2) is 5.58 Å². The van der Waals surface area contributed by atoms with Gasteiger partial charge in [-0.15, -0.1) is 0 Å². The molecule has 0 unspecified atom stereocenters. The third-order valence-corrected chi connectivity index (χ3v) is 4.62. The molecule has 0 saturated carbocycles. The van der Waals surface area contributed by atoms with Crippen molar-refractivity contribution in [3.63, 3.8) is 0 Å². The van der Waals surface area contributed by atoms with Gasteiger partial charge in [0.05, 0.1) is 5.52 Å². The molecule has 1 atom stereocenters. The number of nitrogens with zero attached hydrogens (tertiary/aromatic N) is 2. The molecule has 0 aliphatic carbocycles.